The topological polar surface area (TPSA) is 38.7 Å². The molecule has 0 bridgehead atoms. The van der Waals surface area contributed by atoms with Crippen LogP contribution in [-0.4, -0.2) is 6.61 Å². The van der Waals surface area contributed by atoms with Crippen molar-refractivity contribution in [1.29, 1.82) is 0 Å². The molecule has 0 saturated heterocycles. The van der Waals surface area contributed by atoms with Crippen molar-refractivity contribution in [2.75, 3.05) is 6.61 Å². The lowest BCUT2D eigenvalue weighted by Gasteiger charge is -2.08. The molecule has 1 aromatic rings. The number of rotatable bonds is 1. The maximum absolute atomic E-state index is 10.6. The predicted octanol–water partition coefficient (Wildman–Crippen LogP) is 2.67. The van der Waals surface area contributed by atoms with E-state index in [4.69, 9.17) is 4.74 Å². The van der Waals surface area contributed by atoms with Crippen molar-refractivity contribution in [3.05, 3.63) is 34.7 Å². The largest absolute Gasteiger partial charge is 0.493 e. The maximum atomic E-state index is 10.6. The molecule has 0 N–H and O–H groups in total. The number of hydrogen-bond donors (Lipinski definition) is 0. The van der Waals surface area contributed by atoms with Crippen LogP contribution in [-0.2, 0) is 0 Å². The molecule has 3 nitrogen and oxygen atoms in total. The zero-order chi connectivity index (χ0) is 9.10. The van der Waals surface area contributed by atoms with Crippen LogP contribution in [0.1, 0.15) is 24.4 Å². The highest BCUT2D eigenvalue weighted by molar-refractivity contribution is 5.36. The first-order valence-electron chi connectivity index (χ1n) is 4.46. The molecule has 1 heterocycles. The summed E-state index contributed by atoms with van der Waals surface area (Å²) in [5.41, 5.74) is 0.926. The van der Waals surface area contributed by atoms with E-state index in [0.717, 1.165) is 24.2 Å². The first-order valence-corrected chi connectivity index (χ1v) is 4.46. The molecule has 1 atom stereocenters. The number of fused-ring (bicyclic) bond motifs is 1. The second-order valence-corrected chi connectivity index (χ2v) is 3.15. The fourth-order valence-corrected chi connectivity index (χ4v) is 1.61. The van der Waals surface area contributed by atoms with Gasteiger partial charge in [-0.05, 0) is 18.9 Å². The van der Waals surface area contributed by atoms with Crippen LogP contribution >= 0.6 is 0 Å². The van der Waals surface area contributed by atoms with Gasteiger partial charge in [-0.3, -0.25) is 0 Å². The van der Waals surface area contributed by atoms with Gasteiger partial charge in [0.15, 0.2) is 0 Å². The number of nitroso groups, excluding NO2 is 1. The van der Waals surface area contributed by atoms with Crippen molar-refractivity contribution in [3.8, 4) is 5.75 Å². The Kier molecular flexibility index (Phi) is 2.25. The van der Waals surface area contributed by atoms with E-state index in [1.165, 1.54) is 0 Å². The summed E-state index contributed by atoms with van der Waals surface area (Å²) in [6.45, 7) is 0.684. The lowest BCUT2D eigenvalue weighted by molar-refractivity contribution is 0.316. The Bertz CT molecular complexity index is 312. The van der Waals surface area contributed by atoms with Gasteiger partial charge in [0.2, 0.25) is 0 Å². The third-order valence-corrected chi connectivity index (χ3v) is 2.28. The van der Waals surface area contributed by atoms with E-state index in [0.29, 0.717) is 6.61 Å². The Morgan fingerprint density at radius 1 is 1.38 bits per heavy atom. The van der Waals surface area contributed by atoms with Crippen molar-refractivity contribution < 1.29 is 4.74 Å². The minimum absolute atomic E-state index is 0.223. The van der Waals surface area contributed by atoms with Crippen LogP contribution in [0.15, 0.2) is 29.4 Å². The first kappa shape index (κ1) is 8.23. The number of nitrogens with zero attached hydrogens (tertiary/aromatic N) is 1. The Labute approximate surface area is 76.7 Å². The van der Waals surface area contributed by atoms with Gasteiger partial charge in [0.1, 0.15) is 11.8 Å². The highest BCUT2D eigenvalue weighted by Gasteiger charge is 2.19. The molecule has 1 aliphatic heterocycles. The summed E-state index contributed by atoms with van der Waals surface area (Å²) >= 11 is 0. The zero-order valence-corrected chi connectivity index (χ0v) is 7.27. The second-order valence-electron chi connectivity index (χ2n) is 3.15. The molecule has 0 aromatic heterocycles. The van der Waals surface area contributed by atoms with Crippen molar-refractivity contribution >= 4 is 0 Å². The van der Waals surface area contributed by atoms with E-state index >= 15 is 0 Å². The molecular formula is C10H11NO2. The molecule has 0 aliphatic carbocycles. The molecular weight excluding hydrogens is 166 g/mol. The lowest BCUT2D eigenvalue weighted by atomic mass is 10.0. The van der Waals surface area contributed by atoms with Gasteiger partial charge < -0.3 is 4.74 Å². The van der Waals surface area contributed by atoms with Gasteiger partial charge in [-0.25, -0.2) is 0 Å². The Morgan fingerprint density at radius 3 is 3.08 bits per heavy atom. The molecule has 2 rings (SSSR count). The average Bonchev–Trinajstić information content (AvgIpc) is 2.39. The molecule has 0 fully saturated rings. The van der Waals surface area contributed by atoms with Gasteiger partial charge in [0.05, 0.1) is 6.61 Å². The van der Waals surface area contributed by atoms with Crippen molar-refractivity contribution in [3.63, 3.8) is 0 Å². The second kappa shape index (κ2) is 3.56. The minimum Gasteiger partial charge on any atom is -0.493 e. The molecule has 68 valence electrons. The van der Waals surface area contributed by atoms with Gasteiger partial charge in [-0.15, -0.1) is 0 Å². The summed E-state index contributed by atoms with van der Waals surface area (Å²) in [7, 11) is 0. The molecule has 0 saturated carbocycles. The molecule has 0 amide bonds. The molecule has 1 aliphatic rings. The molecule has 1 unspecified atom stereocenters. The Morgan fingerprint density at radius 2 is 2.23 bits per heavy atom. The van der Waals surface area contributed by atoms with Crippen LogP contribution in [0.3, 0.4) is 0 Å². The summed E-state index contributed by atoms with van der Waals surface area (Å²) in [6, 6.07) is 7.39. The van der Waals surface area contributed by atoms with Crippen LogP contribution in [0.5, 0.6) is 5.75 Å². The summed E-state index contributed by atoms with van der Waals surface area (Å²) < 4.78 is 5.48. The van der Waals surface area contributed by atoms with E-state index in [1.54, 1.807) is 0 Å². The third-order valence-electron chi connectivity index (χ3n) is 2.28. The highest BCUT2D eigenvalue weighted by atomic mass is 16.5. The standard InChI is InChI=1S/C10H11NO2/c12-11-9-5-3-7-13-10-6-2-1-4-8(9)10/h1-2,4,6,9H,3,5,7H2. The quantitative estimate of drug-likeness (QED) is 0.618. The van der Waals surface area contributed by atoms with Gasteiger partial charge in [-0.1, -0.05) is 23.4 Å². The molecule has 3 heteroatoms. The predicted molar refractivity (Wildman–Crippen MR) is 49.7 cm³/mol. The summed E-state index contributed by atoms with van der Waals surface area (Å²) in [5, 5.41) is 3.12. The summed E-state index contributed by atoms with van der Waals surface area (Å²) in [5.74, 6) is 0.810. The monoisotopic (exact) mass is 177 g/mol. The molecule has 13 heavy (non-hydrogen) atoms. The number of benzene rings is 1. The van der Waals surface area contributed by atoms with Crippen LogP contribution in [0, 0.1) is 4.91 Å². The van der Waals surface area contributed by atoms with E-state index in [9.17, 15) is 4.91 Å². The SMILES string of the molecule is O=NC1CCCOc2ccccc21. The number of ether oxygens (including phenoxy) is 1. The Balaban J connectivity index is 2.41. The zero-order valence-electron chi connectivity index (χ0n) is 7.27. The maximum Gasteiger partial charge on any atom is 0.124 e. The molecule has 0 radical (unpaired) electrons. The fourth-order valence-electron chi connectivity index (χ4n) is 1.61. The number of para-hydroxylation sites is 1. The van der Waals surface area contributed by atoms with Crippen LogP contribution in [0.2, 0.25) is 0 Å². The Hall–Kier alpha value is -1.38. The minimum atomic E-state index is -0.223. The van der Waals surface area contributed by atoms with Gasteiger partial charge >= 0.3 is 0 Å². The van der Waals surface area contributed by atoms with E-state index < -0.39 is 0 Å². The summed E-state index contributed by atoms with van der Waals surface area (Å²) in [4.78, 5) is 10.6. The van der Waals surface area contributed by atoms with Crippen molar-refractivity contribution in [1.82, 2.24) is 0 Å². The highest BCUT2D eigenvalue weighted by Crippen LogP contribution is 2.33. The third kappa shape index (κ3) is 1.54. The normalized spacial score (nSPS) is 21.1. The van der Waals surface area contributed by atoms with E-state index in [1.807, 2.05) is 24.3 Å². The average molecular weight is 177 g/mol. The summed E-state index contributed by atoms with van der Waals surface area (Å²) in [6.07, 6.45) is 1.69. The van der Waals surface area contributed by atoms with E-state index in [-0.39, 0.29) is 6.04 Å². The van der Waals surface area contributed by atoms with E-state index in [2.05, 4.69) is 5.18 Å². The lowest BCUT2D eigenvalue weighted by Crippen LogP contribution is -1.94. The van der Waals surface area contributed by atoms with Crippen LogP contribution in [0.25, 0.3) is 0 Å². The molecule has 1 aromatic carbocycles. The van der Waals surface area contributed by atoms with Gasteiger partial charge in [0.25, 0.3) is 0 Å². The fraction of sp³-hybridized carbons (Fsp3) is 0.400. The van der Waals surface area contributed by atoms with Gasteiger partial charge in [-0.2, -0.15) is 4.91 Å². The van der Waals surface area contributed by atoms with Crippen molar-refractivity contribution in [2.45, 2.75) is 18.9 Å². The van der Waals surface area contributed by atoms with Gasteiger partial charge in [0, 0.05) is 5.56 Å². The molecule has 0 spiro atoms. The smallest absolute Gasteiger partial charge is 0.124 e. The number of hydrogen-bond acceptors (Lipinski definition) is 3. The van der Waals surface area contributed by atoms with Crippen LogP contribution in [0.4, 0.5) is 0 Å². The first-order chi connectivity index (χ1) is 6.42. The van der Waals surface area contributed by atoms with Crippen molar-refractivity contribution in [2.24, 2.45) is 5.18 Å². The van der Waals surface area contributed by atoms with Crippen LogP contribution < -0.4 is 4.74 Å².